The predicted octanol–water partition coefficient (Wildman–Crippen LogP) is 1.60. The van der Waals surface area contributed by atoms with Crippen LogP contribution in [-0.4, -0.2) is 10.9 Å². The number of thiazole rings is 1. The number of fused-ring (bicyclic) bond motifs is 1. The van der Waals surface area contributed by atoms with E-state index in [1.165, 1.54) is 17.5 Å². The van der Waals surface area contributed by atoms with Crippen LogP contribution in [0.3, 0.4) is 0 Å². The molecule has 0 unspecified atom stereocenters. The third-order valence-corrected chi connectivity index (χ3v) is 2.99. The molecule has 3 N–H and O–H groups in total. The molecule has 0 spiro atoms. The van der Waals surface area contributed by atoms with Crippen LogP contribution in [0.25, 0.3) is 10.2 Å². The van der Waals surface area contributed by atoms with E-state index in [0.717, 1.165) is 10.2 Å². The molecule has 1 amide bonds. The smallest absolute Gasteiger partial charge is 0.260 e. The largest absolute Gasteiger partial charge is 0.365 e. The lowest BCUT2D eigenvalue weighted by Gasteiger charge is -1.93. The predicted molar refractivity (Wildman–Crippen MR) is 66.1 cm³/mol. The number of para-hydroxylation sites is 1. The molecule has 0 fully saturated rings. The number of carbonyl (C=O) groups is 1. The van der Waals surface area contributed by atoms with E-state index in [1.807, 2.05) is 24.3 Å². The molecule has 0 saturated heterocycles. The Morgan fingerprint density at radius 1 is 1.53 bits per heavy atom. The van der Waals surface area contributed by atoms with Gasteiger partial charge in [0.2, 0.25) is 0 Å². The van der Waals surface area contributed by atoms with Crippen LogP contribution in [0.4, 0.5) is 5.13 Å². The number of nitrogens with one attached hydrogen (secondary N) is 1. The normalized spacial score (nSPS) is 11.1. The van der Waals surface area contributed by atoms with E-state index in [9.17, 15) is 4.79 Å². The lowest BCUT2D eigenvalue weighted by molar-refractivity contribution is -0.114. The van der Waals surface area contributed by atoms with Crippen molar-refractivity contribution in [2.75, 3.05) is 5.32 Å². The highest BCUT2D eigenvalue weighted by atomic mass is 32.1. The molecular weight excluding hydrogens is 236 g/mol. The zero-order chi connectivity index (χ0) is 12.3. The minimum absolute atomic E-state index is 0.135. The number of nitrogens with zero attached hydrogens (tertiary/aromatic N) is 2. The molecule has 84 valence electrons. The van der Waals surface area contributed by atoms with Gasteiger partial charge in [-0.15, -0.1) is 0 Å². The van der Waals surface area contributed by atoms with Crippen LogP contribution in [-0.2, 0) is 4.79 Å². The SMILES string of the molecule is N#CC(=CNc1nc2ccccc2s1)C(N)=O. The Balaban J connectivity index is 2.25. The minimum Gasteiger partial charge on any atom is -0.365 e. The van der Waals surface area contributed by atoms with Gasteiger partial charge in [-0.3, -0.25) is 4.79 Å². The molecule has 0 aliphatic rings. The van der Waals surface area contributed by atoms with Gasteiger partial charge in [0.15, 0.2) is 5.13 Å². The maximum atomic E-state index is 10.8. The molecule has 0 atom stereocenters. The first-order valence-corrected chi connectivity index (χ1v) is 5.54. The van der Waals surface area contributed by atoms with Crippen molar-refractivity contribution in [2.45, 2.75) is 0 Å². The van der Waals surface area contributed by atoms with Gasteiger partial charge in [-0.05, 0) is 12.1 Å². The van der Waals surface area contributed by atoms with E-state index in [0.29, 0.717) is 5.13 Å². The summed E-state index contributed by atoms with van der Waals surface area (Å²) in [6.07, 6.45) is 1.26. The molecule has 6 heteroatoms. The number of anilines is 1. The lowest BCUT2D eigenvalue weighted by atomic mass is 10.3. The van der Waals surface area contributed by atoms with Crippen molar-refractivity contribution in [3.05, 3.63) is 36.0 Å². The Kier molecular flexibility index (Phi) is 3.03. The van der Waals surface area contributed by atoms with Gasteiger partial charge < -0.3 is 11.1 Å². The van der Waals surface area contributed by atoms with Crippen molar-refractivity contribution >= 4 is 32.6 Å². The quantitative estimate of drug-likeness (QED) is 0.633. The first-order chi connectivity index (χ1) is 8.20. The van der Waals surface area contributed by atoms with Gasteiger partial charge in [-0.25, -0.2) is 4.98 Å². The lowest BCUT2D eigenvalue weighted by Crippen LogP contribution is -2.13. The van der Waals surface area contributed by atoms with Crippen LogP contribution in [0.5, 0.6) is 0 Å². The number of amides is 1. The number of nitriles is 1. The topological polar surface area (TPSA) is 91.8 Å². The van der Waals surface area contributed by atoms with E-state index in [-0.39, 0.29) is 5.57 Å². The van der Waals surface area contributed by atoms with Gasteiger partial charge in [0, 0.05) is 6.20 Å². The van der Waals surface area contributed by atoms with Gasteiger partial charge in [0.25, 0.3) is 5.91 Å². The fraction of sp³-hybridized carbons (Fsp3) is 0. The number of primary amides is 1. The van der Waals surface area contributed by atoms with E-state index >= 15 is 0 Å². The maximum absolute atomic E-state index is 10.8. The zero-order valence-electron chi connectivity index (χ0n) is 8.68. The molecule has 2 rings (SSSR count). The fourth-order valence-electron chi connectivity index (χ4n) is 1.23. The Morgan fingerprint density at radius 2 is 2.29 bits per heavy atom. The number of rotatable bonds is 3. The van der Waals surface area contributed by atoms with Crippen molar-refractivity contribution < 1.29 is 4.79 Å². The molecule has 1 heterocycles. The molecule has 2 aromatic rings. The molecule has 1 aromatic carbocycles. The number of aromatic nitrogens is 1. The molecule has 17 heavy (non-hydrogen) atoms. The number of nitrogens with two attached hydrogens (primary N) is 1. The minimum atomic E-state index is -0.763. The maximum Gasteiger partial charge on any atom is 0.260 e. The molecule has 5 nitrogen and oxygen atoms in total. The summed E-state index contributed by atoms with van der Waals surface area (Å²) in [5, 5.41) is 12.0. The van der Waals surface area contributed by atoms with Crippen LogP contribution < -0.4 is 11.1 Å². The highest BCUT2D eigenvalue weighted by Crippen LogP contribution is 2.25. The van der Waals surface area contributed by atoms with Gasteiger partial charge >= 0.3 is 0 Å². The highest BCUT2D eigenvalue weighted by molar-refractivity contribution is 7.22. The first-order valence-electron chi connectivity index (χ1n) is 4.73. The molecule has 0 aliphatic heterocycles. The summed E-state index contributed by atoms with van der Waals surface area (Å²) in [6, 6.07) is 9.36. The van der Waals surface area contributed by atoms with E-state index in [4.69, 9.17) is 11.0 Å². The second-order valence-corrected chi connectivity index (χ2v) is 4.20. The van der Waals surface area contributed by atoms with Crippen LogP contribution in [0.15, 0.2) is 36.0 Å². The van der Waals surface area contributed by atoms with Crippen LogP contribution in [0, 0.1) is 11.3 Å². The van der Waals surface area contributed by atoms with E-state index < -0.39 is 5.91 Å². The van der Waals surface area contributed by atoms with Crippen molar-refractivity contribution in [2.24, 2.45) is 5.73 Å². The molecular formula is C11H8N4OS. The summed E-state index contributed by atoms with van der Waals surface area (Å²) in [7, 11) is 0. The zero-order valence-corrected chi connectivity index (χ0v) is 9.49. The summed E-state index contributed by atoms with van der Waals surface area (Å²) in [5.74, 6) is -0.763. The van der Waals surface area contributed by atoms with Gasteiger partial charge in [0.05, 0.1) is 10.2 Å². The third kappa shape index (κ3) is 2.41. The summed E-state index contributed by atoms with van der Waals surface area (Å²) >= 11 is 1.43. The second-order valence-electron chi connectivity index (χ2n) is 3.17. The summed E-state index contributed by atoms with van der Waals surface area (Å²) in [6.45, 7) is 0. The van der Waals surface area contributed by atoms with Crippen LogP contribution in [0.1, 0.15) is 0 Å². The van der Waals surface area contributed by atoms with Crippen molar-refractivity contribution in [1.29, 1.82) is 5.26 Å². The summed E-state index contributed by atoms with van der Waals surface area (Å²) in [4.78, 5) is 15.1. The Hall–Kier alpha value is -2.39. The molecule has 0 radical (unpaired) electrons. The monoisotopic (exact) mass is 244 g/mol. The number of carbonyl (C=O) groups excluding carboxylic acids is 1. The van der Waals surface area contributed by atoms with Gasteiger partial charge in [-0.1, -0.05) is 23.5 Å². The van der Waals surface area contributed by atoms with Crippen LogP contribution >= 0.6 is 11.3 Å². The Labute approximate surface area is 101 Å². The van der Waals surface area contributed by atoms with Crippen molar-refractivity contribution in [3.8, 4) is 6.07 Å². The number of hydrogen-bond acceptors (Lipinski definition) is 5. The average Bonchev–Trinajstić information content (AvgIpc) is 2.71. The Morgan fingerprint density at radius 3 is 2.94 bits per heavy atom. The fourth-order valence-corrected chi connectivity index (χ4v) is 2.06. The van der Waals surface area contributed by atoms with E-state index in [2.05, 4.69) is 10.3 Å². The standard InChI is InChI=1S/C11H8N4OS/c12-5-7(10(13)16)6-14-11-15-8-3-1-2-4-9(8)17-11/h1-4,6H,(H2,13,16)(H,14,15). The van der Waals surface area contributed by atoms with E-state index in [1.54, 1.807) is 6.07 Å². The summed E-state index contributed by atoms with van der Waals surface area (Å²) in [5.41, 5.74) is 5.73. The highest BCUT2D eigenvalue weighted by Gasteiger charge is 2.04. The number of hydrogen-bond donors (Lipinski definition) is 2. The molecule has 0 bridgehead atoms. The first kappa shape index (κ1) is 11.1. The molecule has 1 aromatic heterocycles. The van der Waals surface area contributed by atoms with Crippen LogP contribution in [0.2, 0.25) is 0 Å². The molecule has 0 saturated carbocycles. The average molecular weight is 244 g/mol. The molecule has 0 aliphatic carbocycles. The summed E-state index contributed by atoms with van der Waals surface area (Å²) < 4.78 is 1.03. The third-order valence-electron chi connectivity index (χ3n) is 2.02. The second kappa shape index (κ2) is 4.63. The Bertz CT molecular complexity index is 605. The number of benzene rings is 1. The van der Waals surface area contributed by atoms with Crippen molar-refractivity contribution in [1.82, 2.24) is 4.98 Å². The van der Waals surface area contributed by atoms with Crippen molar-refractivity contribution in [3.63, 3.8) is 0 Å². The van der Waals surface area contributed by atoms with Gasteiger partial charge in [-0.2, -0.15) is 5.26 Å². The van der Waals surface area contributed by atoms with Gasteiger partial charge in [0.1, 0.15) is 11.6 Å².